The Balaban J connectivity index is 2.66. The number of methoxy groups -OCH3 is 1. The number of hydrogen-bond acceptors (Lipinski definition) is 3. The van der Waals surface area contributed by atoms with Crippen LogP contribution in [0.4, 0.5) is 10.1 Å². The van der Waals surface area contributed by atoms with Crippen molar-refractivity contribution >= 4 is 11.6 Å². The molecule has 0 aliphatic rings. The number of benzene rings is 1. The molecule has 4 nitrogen and oxygen atoms in total. The molecular formula is C11H15FN2O2. The lowest BCUT2D eigenvalue weighted by atomic mass is 10.2. The van der Waals surface area contributed by atoms with E-state index in [1.165, 1.54) is 19.2 Å². The summed E-state index contributed by atoms with van der Waals surface area (Å²) in [5.74, 6) is -0.660. The van der Waals surface area contributed by atoms with Crippen LogP contribution in [0.5, 0.6) is 0 Å². The molecule has 1 rings (SSSR count). The Morgan fingerprint density at radius 2 is 2.31 bits per heavy atom. The van der Waals surface area contributed by atoms with Crippen LogP contribution in [0.15, 0.2) is 18.2 Å². The summed E-state index contributed by atoms with van der Waals surface area (Å²) in [6, 6.07) is 3.61. The van der Waals surface area contributed by atoms with Gasteiger partial charge in [-0.05, 0) is 30.7 Å². The van der Waals surface area contributed by atoms with Gasteiger partial charge in [0.1, 0.15) is 11.9 Å². The minimum absolute atomic E-state index is 0.145. The average Bonchev–Trinajstić information content (AvgIpc) is 2.24. The molecule has 0 bridgehead atoms. The number of rotatable bonds is 4. The Morgan fingerprint density at radius 3 is 2.88 bits per heavy atom. The molecule has 5 heteroatoms. The largest absolute Gasteiger partial charge is 0.383 e. The highest BCUT2D eigenvalue weighted by atomic mass is 19.1. The molecule has 1 atom stereocenters. The van der Waals surface area contributed by atoms with E-state index in [2.05, 4.69) is 5.32 Å². The molecule has 0 saturated heterocycles. The molecule has 0 saturated carbocycles. The van der Waals surface area contributed by atoms with E-state index in [1.54, 1.807) is 13.0 Å². The van der Waals surface area contributed by atoms with Gasteiger partial charge in [-0.2, -0.15) is 0 Å². The van der Waals surface area contributed by atoms with Gasteiger partial charge in [0.05, 0.1) is 6.61 Å². The summed E-state index contributed by atoms with van der Waals surface area (Å²) in [6.45, 7) is 1.77. The molecule has 1 amide bonds. The number of anilines is 1. The molecule has 0 fully saturated rings. The second-order valence-corrected chi connectivity index (χ2v) is 3.52. The Kier molecular flexibility index (Phi) is 4.39. The fraction of sp³-hybridized carbons (Fsp3) is 0.364. The van der Waals surface area contributed by atoms with E-state index in [0.717, 1.165) is 0 Å². The fourth-order valence-corrected chi connectivity index (χ4v) is 1.21. The highest BCUT2D eigenvalue weighted by molar-refractivity contribution is 5.94. The molecule has 0 aliphatic carbocycles. The first-order valence-corrected chi connectivity index (χ1v) is 4.86. The van der Waals surface area contributed by atoms with Crippen LogP contribution >= 0.6 is 0 Å². The molecule has 3 N–H and O–H groups in total. The van der Waals surface area contributed by atoms with E-state index < -0.39 is 6.04 Å². The summed E-state index contributed by atoms with van der Waals surface area (Å²) >= 11 is 0. The van der Waals surface area contributed by atoms with Gasteiger partial charge in [0, 0.05) is 12.8 Å². The Labute approximate surface area is 93.6 Å². The number of carbonyl (C=O) groups is 1. The maximum Gasteiger partial charge on any atom is 0.243 e. The third kappa shape index (κ3) is 3.29. The maximum atomic E-state index is 13.0. The lowest BCUT2D eigenvalue weighted by Gasteiger charge is -2.11. The maximum absolute atomic E-state index is 13.0. The van der Waals surface area contributed by atoms with Crippen LogP contribution in [-0.4, -0.2) is 25.7 Å². The number of ether oxygens (including phenoxy) is 1. The molecule has 0 aromatic heterocycles. The van der Waals surface area contributed by atoms with Gasteiger partial charge in [-0.1, -0.05) is 0 Å². The zero-order valence-electron chi connectivity index (χ0n) is 9.29. The van der Waals surface area contributed by atoms with Crippen molar-refractivity contribution in [2.45, 2.75) is 13.0 Å². The van der Waals surface area contributed by atoms with Crippen LogP contribution < -0.4 is 11.1 Å². The van der Waals surface area contributed by atoms with E-state index >= 15 is 0 Å². The first-order chi connectivity index (χ1) is 7.54. The van der Waals surface area contributed by atoms with Gasteiger partial charge in [0.25, 0.3) is 0 Å². The Bertz CT molecular complexity index is 382. The molecule has 0 heterocycles. The molecular weight excluding hydrogens is 211 g/mol. The minimum atomic E-state index is -0.727. The van der Waals surface area contributed by atoms with Crippen molar-refractivity contribution in [1.29, 1.82) is 0 Å². The van der Waals surface area contributed by atoms with Crippen LogP contribution in [-0.2, 0) is 9.53 Å². The van der Waals surface area contributed by atoms with Gasteiger partial charge in [-0.3, -0.25) is 4.79 Å². The van der Waals surface area contributed by atoms with Crippen molar-refractivity contribution in [2.75, 3.05) is 19.0 Å². The summed E-state index contributed by atoms with van der Waals surface area (Å²) in [7, 11) is 1.47. The third-order valence-electron chi connectivity index (χ3n) is 2.11. The van der Waals surface area contributed by atoms with E-state index in [1.807, 2.05) is 0 Å². The third-order valence-corrected chi connectivity index (χ3v) is 2.11. The normalized spacial score (nSPS) is 12.2. The van der Waals surface area contributed by atoms with Crippen LogP contribution in [0.2, 0.25) is 0 Å². The van der Waals surface area contributed by atoms with E-state index in [4.69, 9.17) is 10.5 Å². The summed E-state index contributed by atoms with van der Waals surface area (Å²) in [4.78, 5) is 11.5. The van der Waals surface area contributed by atoms with Crippen molar-refractivity contribution in [3.05, 3.63) is 29.6 Å². The number of amides is 1. The van der Waals surface area contributed by atoms with Gasteiger partial charge in [-0.15, -0.1) is 0 Å². The first kappa shape index (κ1) is 12.6. The first-order valence-electron chi connectivity index (χ1n) is 4.86. The molecule has 0 spiro atoms. The second kappa shape index (κ2) is 5.58. The van der Waals surface area contributed by atoms with E-state index in [0.29, 0.717) is 11.3 Å². The zero-order chi connectivity index (χ0) is 12.1. The topological polar surface area (TPSA) is 64.3 Å². The number of carbonyl (C=O) groups excluding carboxylic acids is 1. The Hall–Kier alpha value is -1.46. The van der Waals surface area contributed by atoms with Gasteiger partial charge in [0.15, 0.2) is 0 Å². The minimum Gasteiger partial charge on any atom is -0.383 e. The molecule has 0 aliphatic heterocycles. The Morgan fingerprint density at radius 1 is 1.62 bits per heavy atom. The number of aryl methyl sites for hydroxylation is 1. The summed E-state index contributed by atoms with van der Waals surface area (Å²) in [5, 5.41) is 2.58. The molecule has 0 radical (unpaired) electrons. The average molecular weight is 226 g/mol. The van der Waals surface area contributed by atoms with Gasteiger partial charge < -0.3 is 15.8 Å². The highest BCUT2D eigenvalue weighted by Crippen LogP contribution is 2.13. The predicted octanol–water partition coefficient (Wildman–Crippen LogP) is 1.05. The van der Waals surface area contributed by atoms with Crippen molar-refractivity contribution in [1.82, 2.24) is 0 Å². The van der Waals surface area contributed by atoms with Gasteiger partial charge >= 0.3 is 0 Å². The standard InChI is InChI=1S/C11H15FN2O2/c1-7-5-8(3-4-9(7)12)14-11(15)10(13)6-16-2/h3-5,10H,6,13H2,1-2H3,(H,14,15). The highest BCUT2D eigenvalue weighted by Gasteiger charge is 2.13. The summed E-state index contributed by atoms with van der Waals surface area (Å²) in [5.41, 5.74) is 6.53. The molecule has 1 aromatic rings. The number of nitrogens with one attached hydrogen (secondary N) is 1. The molecule has 1 aromatic carbocycles. The molecule has 1 unspecified atom stereocenters. The predicted molar refractivity (Wildman–Crippen MR) is 59.6 cm³/mol. The van der Waals surface area contributed by atoms with Crippen molar-refractivity contribution in [2.24, 2.45) is 5.73 Å². The van der Waals surface area contributed by atoms with Gasteiger partial charge in [0.2, 0.25) is 5.91 Å². The van der Waals surface area contributed by atoms with Crippen LogP contribution in [0, 0.1) is 12.7 Å². The lowest BCUT2D eigenvalue weighted by Crippen LogP contribution is -2.39. The zero-order valence-corrected chi connectivity index (χ0v) is 9.29. The van der Waals surface area contributed by atoms with Crippen LogP contribution in [0.1, 0.15) is 5.56 Å². The summed E-state index contributed by atoms with van der Waals surface area (Å²) in [6.07, 6.45) is 0. The number of nitrogens with two attached hydrogens (primary N) is 1. The summed E-state index contributed by atoms with van der Waals surface area (Å²) < 4.78 is 17.7. The lowest BCUT2D eigenvalue weighted by molar-refractivity contribution is -0.118. The van der Waals surface area contributed by atoms with Crippen LogP contribution in [0.3, 0.4) is 0 Å². The smallest absolute Gasteiger partial charge is 0.243 e. The van der Waals surface area contributed by atoms with Gasteiger partial charge in [-0.25, -0.2) is 4.39 Å². The van der Waals surface area contributed by atoms with E-state index in [-0.39, 0.29) is 18.3 Å². The van der Waals surface area contributed by atoms with Crippen molar-refractivity contribution < 1.29 is 13.9 Å². The quantitative estimate of drug-likeness (QED) is 0.806. The van der Waals surface area contributed by atoms with Crippen molar-refractivity contribution in [3.63, 3.8) is 0 Å². The molecule has 88 valence electrons. The molecule has 16 heavy (non-hydrogen) atoms. The number of halogens is 1. The fourth-order valence-electron chi connectivity index (χ4n) is 1.21. The number of hydrogen-bond donors (Lipinski definition) is 2. The second-order valence-electron chi connectivity index (χ2n) is 3.52. The van der Waals surface area contributed by atoms with E-state index in [9.17, 15) is 9.18 Å². The van der Waals surface area contributed by atoms with Crippen molar-refractivity contribution in [3.8, 4) is 0 Å². The van der Waals surface area contributed by atoms with Crippen LogP contribution in [0.25, 0.3) is 0 Å². The SMILES string of the molecule is COCC(N)C(=O)Nc1ccc(F)c(C)c1. The monoisotopic (exact) mass is 226 g/mol.